The molecule has 0 radical (unpaired) electrons. The maximum Gasteiger partial charge on any atom is 0.119 e. The fourth-order valence-corrected chi connectivity index (χ4v) is 3.59. The monoisotopic (exact) mass is 353 g/mol. The Morgan fingerprint density at radius 3 is 2.19 bits per heavy atom. The zero-order chi connectivity index (χ0) is 18.4. The number of hydrogen-bond acceptors (Lipinski definition) is 3. The average Bonchev–Trinajstić information content (AvgIpc) is 3.18. The van der Waals surface area contributed by atoms with Gasteiger partial charge in [-0.2, -0.15) is 0 Å². The van der Waals surface area contributed by atoms with Crippen LogP contribution in [0.5, 0.6) is 5.75 Å². The Morgan fingerprint density at radius 1 is 0.923 bits per heavy atom. The van der Waals surface area contributed by atoms with Crippen LogP contribution in [-0.2, 0) is 0 Å². The maximum atomic E-state index is 11.1. The first kappa shape index (κ1) is 18.9. The van der Waals surface area contributed by atoms with E-state index in [0.717, 1.165) is 37.6 Å². The zero-order valence-electron chi connectivity index (χ0n) is 16.0. The van der Waals surface area contributed by atoms with Gasteiger partial charge >= 0.3 is 0 Å². The molecule has 2 unspecified atom stereocenters. The average molecular weight is 354 g/mol. The van der Waals surface area contributed by atoms with Gasteiger partial charge < -0.3 is 14.7 Å². The van der Waals surface area contributed by atoms with Gasteiger partial charge in [0.2, 0.25) is 0 Å². The Hall–Kier alpha value is -1.84. The summed E-state index contributed by atoms with van der Waals surface area (Å²) in [5.41, 5.74) is 2.15. The molecule has 2 atom stereocenters. The van der Waals surface area contributed by atoms with E-state index in [1.165, 1.54) is 18.4 Å². The summed E-state index contributed by atoms with van der Waals surface area (Å²) in [6.45, 7) is 8.18. The molecule has 0 aromatic heterocycles. The predicted molar refractivity (Wildman–Crippen MR) is 107 cm³/mol. The molecule has 0 amide bonds. The van der Waals surface area contributed by atoms with E-state index in [2.05, 4.69) is 30.9 Å². The van der Waals surface area contributed by atoms with Crippen molar-refractivity contribution in [2.45, 2.75) is 38.7 Å². The molecule has 3 rings (SSSR count). The van der Waals surface area contributed by atoms with E-state index in [1.807, 2.05) is 42.5 Å². The Balaban J connectivity index is 1.77. The van der Waals surface area contributed by atoms with Gasteiger partial charge in [0, 0.05) is 12.5 Å². The van der Waals surface area contributed by atoms with Crippen molar-refractivity contribution in [2.75, 3.05) is 26.2 Å². The number of likely N-dealkylation sites (tertiary alicyclic amines) is 1. The van der Waals surface area contributed by atoms with Gasteiger partial charge in [0.25, 0.3) is 0 Å². The van der Waals surface area contributed by atoms with Crippen LogP contribution >= 0.6 is 0 Å². The quantitative estimate of drug-likeness (QED) is 0.751. The number of nitrogens with zero attached hydrogens (tertiary/aromatic N) is 1. The van der Waals surface area contributed by atoms with Crippen LogP contribution in [0.15, 0.2) is 54.6 Å². The number of aliphatic hydroxyl groups is 1. The molecular weight excluding hydrogens is 322 g/mol. The summed E-state index contributed by atoms with van der Waals surface area (Å²) in [6, 6.07) is 18.3. The van der Waals surface area contributed by atoms with Gasteiger partial charge in [-0.15, -0.1) is 0 Å². The van der Waals surface area contributed by atoms with E-state index < -0.39 is 6.10 Å². The highest BCUT2D eigenvalue weighted by Gasteiger charge is 2.26. The molecule has 0 bridgehead atoms. The van der Waals surface area contributed by atoms with Gasteiger partial charge in [-0.25, -0.2) is 0 Å². The summed E-state index contributed by atoms with van der Waals surface area (Å²) in [4.78, 5) is 2.47. The second-order valence-electron chi connectivity index (χ2n) is 7.74. The Kier molecular flexibility index (Phi) is 6.70. The molecular formula is C23H31NO2. The highest BCUT2D eigenvalue weighted by Crippen LogP contribution is 2.33. The lowest BCUT2D eigenvalue weighted by Crippen LogP contribution is -2.29. The van der Waals surface area contributed by atoms with Gasteiger partial charge in [0.05, 0.1) is 12.7 Å². The molecule has 26 heavy (non-hydrogen) atoms. The highest BCUT2D eigenvalue weighted by molar-refractivity contribution is 5.32. The highest BCUT2D eigenvalue weighted by atomic mass is 16.5. The zero-order valence-corrected chi connectivity index (χ0v) is 16.0. The van der Waals surface area contributed by atoms with Crippen LogP contribution in [0.1, 0.15) is 49.8 Å². The van der Waals surface area contributed by atoms with Crippen molar-refractivity contribution < 1.29 is 9.84 Å². The molecule has 1 aliphatic heterocycles. The van der Waals surface area contributed by atoms with Crippen molar-refractivity contribution in [3.05, 3.63) is 65.7 Å². The predicted octanol–water partition coefficient (Wildman–Crippen LogP) is 4.63. The minimum atomic E-state index is -0.501. The third-order valence-corrected chi connectivity index (χ3v) is 5.07. The van der Waals surface area contributed by atoms with Crippen LogP contribution in [0, 0.1) is 5.92 Å². The van der Waals surface area contributed by atoms with E-state index in [9.17, 15) is 5.11 Å². The van der Waals surface area contributed by atoms with Crippen molar-refractivity contribution in [2.24, 2.45) is 5.92 Å². The maximum absolute atomic E-state index is 11.1. The summed E-state index contributed by atoms with van der Waals surface area (Å²) in [7, 11) is 0. The van der Waals surface area contributed by atoms with Gasteiger partial charge in [-0.3, -0.25) is 0 Å². The molecule has 140 valence electrons. The summed E-state index contributed by atoms with van der Waals surface area (Å²) in [5, 5.41) is 11.1. The smallest absolute Gasteiger partial charge is 0.119 e. The van der Waals surface area contributed by atoms with Gasteiger partial charge in [-0.05, 0) is 55.1 Å². The van der Waals surface area contributed by atoms with E-state index in [1.54, 1.807) is 0 Å². The van der Waals surface area contributed by atoms with Crippen molar-refractivity contribution in [3.63, 3.8) is 0 Å². The normalized spacial score (nSPS) is 17.4. The second kappa shape index (κ2) is 9.20. The van der Waals surface area contributed by atoms with Gasteiger partial charge in [0.1, 0.15) is 5.75 Å². The minimum absolute atomic E-state index is 0.0645. The molecule has 1 aliphatic rings. The number of ether oxygens (including phenoxy) is 1. The molecule has 2 aromatic rings. The van der Waals surface area contributed by atoms with E-state index in [0.29, 0.717) is 5.92 Å². The lowest BCUT2D eigenvalue weighted by molar-refractivity contribution is 0.123. The summed E-state index contributed by atoms with van der Waals surface area (Å²) >= 11 is 0. The molecule has 2 aromatic carbocycles. The number of aliphatic hydroxyl groups excluding tert-OH is 1. The molecule has 0 aliphatic carbocycles. The van der Waals surface area contributed by atoms with Crippen molar-refractivity contribution in [1.82, 2.24) is 4.90 Å². The molecule has 1 fully saturated rings. The molecule has 1 N–H and O–H groups in total. The number of benzene rings is 2. The minimum Gasteiger partial charge on any atom is -0.493 e. The third-order valence-electron chi connectivity index (χ3n) is 5.07. The fourth-order valence-electron chi connectivity index (χ4n) is 3.59. The molecule has 3 nitrogen and oxygen atoms in total. The Bertz CT molecular complexity index is 648. The van der Waals surface area contributed by atoms with E-state index >= 15 is 0 Å². The van der Waals surface area contributed by atoms with Crippen LogP contribution in [-0.4, -0.2) is 36.2 Å². The summed E-state index contributed by atoms with van der Waals surface area (Å²) < 4.78 is 5.81. The third kappa shape index (κ3) is 5.09. The van der Waals surface area contributed by atoms with Crippen LogP contribution < -0.4 is 4.74 Å². The SMILES string of the molecule is CC(C)COc1ccc(C(CN2CCCC2)C(O)c2ccccc2)cc1. The van der Waals surface area contributed by atoms with E-state index in [4.69, 9.17) is 4.74 Å². The van der Waals surface area contributed by atoms with E-state index in [-0.39, 0.29) is 5.92 Å². The fraction of sp³-hybridized carbons (Fsp3) is 0.478. The molecule has 0 saturated carbocycles. The standard InChI is InChI=1S/C23H31NO2/c1-18(2)17-26-21-12-10-19(11-13-21)22(16-24-14-6-7-15-24)23(25)20-8-4-3-5-9-20/h3-5,8-13,18,22-23,25H,6-7,14-17H2,1-2H3. The Labute approximate surface area is 157 Å². The molecule has 0 spiro atoms. The topological polar surface area (TPSA) is 32.7 Å². The Morgan fingerprint density at radius 2 is 1.58 bits per heavy atom. The van der Waals surface area contributed by atoms with Crippen molar-refractivity contribution >= 4 is 0 Å². The van der Waals surface area contributed by atoms with Crippen LogP contribution in [0.25, 0.3) is 0 Å². The first-order valence-electron chi connectivity index (χ1n) is 9.81. The molecule has 3 heteroatoms. The lowest BCUT2D eigenvalue weighted by Gasteiger charge is -2.28. The summed E-state index contributed by atoms with van der Waals surface area (Å²) in [6.07, 6.45) is 2.02. The van der Waals surface area contributed by atoms with Crippen LogP contribution in [0.4, 0.5) is 0 Å². The van der Waals surface area contributed by atoms with Crippen molar-refractivity contribution in [1.29, 1.82) is 0 Å². The van der Waals surface area contributed by atoms with Gasteiger partial charge in [-0.1, -0.05) is 56.3 Å². The number of hydrogen-bond donors (Lipinski definition) is 1. The first-order chi connectivity index (χ1) is 12.6. The molecule has 1 saturated heterocycles. The molecule has 1 heterocycles. The number of rotatable bonds is 8. The first-order valence-corrected chi connectivity index (χ1v) is 9.81. The van der Waals surface area contributed by atoms with Crippen LogP contribution in [0.2, 0.25) is 0 Å². The second-order valence-corrected chi connectivity index (χ2v) is 7.74. The largest absolute Gasteiger partial charge is 0.493 e. The van der Waals surface area contributed by atoms with Crippen LogP contribution in [0.3, 0.4) is 0 Å². The van der Waals surface area contributed by atoms with Crippen molar-refractivity contribution in [3.8, 4) is 5.75 Å². The summed E-state index contributed by atoms with van der Waals surface area (Å²) in [5.74, 6) is 1.48. The van der Waals surface area contributed by atoms with Gasteiger partial charge in [0.15, 0.2) is 0 Å². The lowest BCUT2D eigenvalue weighted by atomic mass is 9.88.